The molecule has 0 aromatic carbocycles. The van der Waals surface area contributed by atoms with Crippen molar-refractivity contribution in [1.82, 2.24) is 10.2 Å². The van der Waals surface area contributed by atoms with E-state index in [0.29, 0.717) is 0 Å². The fraction of sp³-hybridized carbons (Fsp3) is 0.600. The predicted octanol–water partition coefficient (Wildman–Crippen LogP) is 2.19. The molecule has 1 aromatic heterocycles. The Morgan fingerprint density at radius 2 is 2.20 bits per heavy atom. The number of amides is 2. The number of thiophene rings is 1. The minimum atomic E-state index is -0.356. The lowest BCUT2D eigenvalue weighted by molar-refractivity contribution is -0.141. The number of hydrogen-bond donors (Lipinski definition) is 1. The molecule has 0 spiro atoms. The number of nitrogens with one attached hydrogen (secondary N) is 1. The van der Waals surface area contributed by atoms with Gasteiger partial charge in [-0.15, -0.1) is 0 Å². The molecule has 1 aliphatic rings. The van der Waals surface area contributed by atoms with Crippen LogP contribution in [0.2, 0.25) is 0 Å². The molecule has 0 radical (unpaired) electrons. The van der Waals surface area contributed by atoms with Gasteiger partial charge in [0.15, 0.2) is 0 Å². The van der Waals surface area contributed by atoms with Gasteiger partial charge in [-0.05, 0) is 49.1 Å². The monoisotopic (exact) mass is 294 g/mol. The summed E-state index contributed by atoms with van der Waals surface area (Å²) in [5.41, 5.74) is 1.27. The average molecular weight is 294 g/mol. The summed E-state index contributed by atoms with van der Waals surface area (Å²) in [6.45, 7) is 5.97. The van der Waals surface area contributed by atoms with Gasteiger partial charge in [0.1, 0.15) is 0 Å². The average Bonchev–Trinajstić information content (AvgIpc) is 2.98. The first-order valence-electron chi connectivity index (χ1n) is 7.16. The number of hydrogen-bond acceptors (Lipinski definition) is 4. The normalized spacial score (nSPS) is 22.4. The summed E-state index contributed by atoms with van der Waals surface area (Å²) in [5, 5.41) is 7.47. The highest BCUT2D eigenvalue weighted by atomic mass is 32.1. The van der Waals surface area contributed by atoms with Crippen molar-refractivity contribution in [1.29, 1.82) is 0 Å². The van der Waals surface area contributed by atoms with Gasteiger partial charge >= 0.3 is 0 Å². The lowest BCUT2D eigenvalue weighted by Crippen LogP contribution is -2.45. The SMILES string of the molecule is CCC(C)N1C(=O)CC(NC(C)Cc2ccsc2)C1=O. The van der Waals surface area contributed by atoms with Gasteiger partial charge in [0.25, 0.3) is 0 Å². The van der Waals surface area contributed by atoms with E-state index < -0.39 is 0 Å². The predicted molar refractivity (Wildman–Crippen MR) is 80.6 cm³/mol. The number of nitrogens with zero attached hydrogens (tertiary/aromatic N) is 1. The highest BCUT2D eigenvalue weighted by Gasteiger charge is 2.40. The minimum Gasteiger partial charge on any atom is -0.303 e. The maximum atomic E-state index is 12.3. The lowest BCUT2D eigenvalue weighted by Gasteiger charge is -2.22. The van der Waals surface area contributed by atoms with Crippen molar-refractivity contribution >= 4 is 23.2 Å². The molecule has 1 N–H and O–H groups in total. The molecule has 1 aromatic rings. The summed E-state index contributed by atoms with van der Waals surface area (Å²) < 4.78 is 0. The molecule has 20 heavy (non-hydrogen) atoms. The third-order valence-corrected chi connectivity index (χ3v) is 4.55. The van der Waals surface area contributed by atoms with Crippen LogP contribution in [0.5, 0.6) is 0 Å². The largest absolute Gasteiger partial charge is 0.303 e. The zero-order chi connectivity index (χ0) is 14.7. The quantitative estimate of drug-likeness (QED) is 0.818. The van der Waals surface area contributed by atoms with Crippen LogP contribution in [-0.4, -0.2) is 34.8 Å². The summed E-state index contributed by atoms with van der Waals surface area (Å²) in [7, 11) is 0. The molecule has 0 aliphatic carbocycles. The summed E-state index contributed by atoms with van der Waals surface area (Å²) in [5.74, 6) is -0.119. The first-order valence-corrected chi connectivity index (χ1v) is 8.10. The molecule has 2 amide bonds. The van der Waals surface area contributed by atoms with Gasteiger partial charge < -0.3 is 5.32 Å². The standard InChI is InChI=1S/C15H22N2O2S/c1-4-11(3)17-14(18)8-13(15(17)19)16-10(2)7-12-5-6-20-9-12/h5-6,9-11,13,16H,4,7-8H2,1-3H3. The molecule has 1 saturated heterocycles. The van der Waals surface area contributed by atoms with Gasteiger partial charge in [-0.2, -0.15) is 11.3 Å². The smallest absolute Gasteiger partial charge is 0.247 e. The number of carbonyl (C=O) groups excluding carboxylic acids is 2. The first kappa shape index (κ1) is 15.2. The van der Waals surface area contributed by atoms with Crippen LogP contribution in [0.15, 0.2) is 16.8 Å². The molecule has 2 rings (SSSR count). The zero-order valence-electron chi connectivity index (χ0n) is 12.3. The van der Waals surface area contributed by atoms with Crippen molar-refractivity contribution in [3.63, 3.8) is 0 Å². The van der Waals surface area contributed by atoms with Crippen LogP contribution >= 0.6 is 11.3 Å². The van der Waals surface area contributed by atoms with Crippen LogP contribution in [-0.2, 0) is 16.0 Å². The Bertz CT molecular complexity index is 472. The molecular weight excluding hydrogens is 272 g/mol. The van der Waals surface area contributed by atoms with E-state index in [1.165, 1.54) is 10.5 Å². The molecular formula is C15H22N2O2S. The third-order valence-electron chi connectivity index (χ3n) is 3.82. The van der Waals surface area contributed by atoms with E-state index in [-0.39, 0.29) is 36.4 Å². The Hall–Kier alpha value is -1.20. The van der Waals surface area contributed by atoms with Crippen molar-refractivity contribution in [3.05, 3.63) is 22.4 Å². The van der Waals surface area contributed by atoms with E-state index in [1.807, 2.05) is 13.8 Å². The van der Waals surface area contributed by atoms with E-state index in [1.54, 1.807) is 11.3 Å². The molecule has 0 bridgehead atoms. The summed E-state index contributed by atoms with van der Waals surface area (Å²) >= 11 is 1.68. The Kier molecular flexibility index (Phi) is 4.94. The molecule has 1 fully saturated rings. The molecule has 5 heteroatoms. The second kappa shape index (κ2) is 6.50. The molecule has 4 nitrogen and oxygen atoms in total. The van der Waals surface area contributed by atoms with Crippen LogP contribution in [0.4, 0.5) is 0 Å². The Morgan fingerprint density at radius 1 is 1.45 bits per heavy atom. The Balaban J connectivity index is 1.93. The molecule has 3 unspecified atom stereocenters. The van der Waals surface area contributed by atoms with Crippen LogP contribution in [0.1, 0.15) is 39.2 Å². The van der Waals surface area contributed by atoms with Gasteiger partial charge in [0, 0.05) is 12.1 Å². The second-order valence-corrected chi connectivity index (χ2v) is 6.30. The van der Waals surface area contributed by atoms with Gasteiger partial charge in [-0.1, -0.05) is 6.92 Å². The van der Waals surface area contributed by atoms with E-state index in [4.69, 9.17) is 0 Å². The van der Waals surface area contributed by atoms with E-state index in [9.17, 15) is 9.59 Å². The van der Waals surface area contributed by atoms with Crippen LogP contribution in [0.25, 0.3) is 0 Å². The second-order valence-electron chi connectivity index (χ2n) is 5.52. The highest BCUT2D eigenvalue weighted by Crippen LogP contribution is 2.19. The summed E-state index contributed by atoms with van der Waals surface area (Å²) in [6.07, 6.45) is 1.97. The molecule has 110 valence electrons. The molecule has 2 heterocycles. The van der Waals surface area contributed by atoms with Crippen LogP contribution < -0.4 is 5.32 Å². The topological polar surface area (TPSA) is 49.4 Å². The Morgan fingerprint density at radius 3 is 2.80 bits per heavy atom. The molecule has 1 aliphatic heterocycles. The number of imide groups is 1. The summed E-state index contributed by atoms with van der Waals surface area (Å²) in [4.78, 5) is 25.7. The fourth-order valence-electron chi connectivity index (χ4n) is 2.59. The van der Waals surface area contributed by atoms with E-state index in [0.717, 1.165) is 12.8 Å². The number of likely N-dealkylation sites (tertiary alicyclic amines) is 1. The van der Waals surface area contributed by atoms with Gasteiger partial charge in [-0.25, -0.2) is 0 Å². The fourth-order valence-corrected chi connectivity index (χ4v) is 3.27. The lowest BCUT2D eigenvalue weighted by atomic mass is 10.1. The van der Waals surface area contributed by atoms with Crippen LogP contribution in [0.3, 0.4) is 0 Å². The van der Waals surface area contributed by atoms with Crippen molar-refractivity contribution in [2.24, 2.45) is 0 Å². The maximum absolute atomic E-state index is 12.3. The van der Waals surface area contributed by atoms with Gasteiger partial charge in [0.05, 0.1) is 12.5 Å². The zero-order valence-corrected chi connectivity index (χ0v) is 13.1. The number of carbonyl (C=O) groups is 2. The van der Waals surface area contributed by atoms with Crippen molar-refractivity contribution in [2.45, 2.75) is 58.2 Å². The maximum Gasteiger partial charge on any atom is 0.247 e. The minimum absolute atomic E-state index is 0.00557. The molecule has 3 atom stereocenters. The van der Waals surface area contributed by atoms with Crippen LogP contribution in [0, 0.1) is 0 Å². The Labute approximate surface area is 124 Å². The van der Waals surface area contributed by atoms with Crippen molar-refractivity contribution < 1.29 is 9.59 Å². The van der Waals surface area contributed by atoms with Gasteiger partial charge in [-0.3, -0.25) is 14.5 Å². The van der Waals surface area contributed by atoms with E-state index >= 15 is 0 Å². The van der Waals surface area contributed by atoms with Crippen molar-refractivity contribution in [3.8, 4) is 0 Å². The first-order chi connectivity index (χ1) is 9.52. The highest BCUT2D eigenvalue weighted by molar-refractivity contribution is 7.07. The third kappa shape index (κ3) is 3.27. The number of rotatable bonds is 6. The molecule has 0 saturated carbocycles. The van der Waals surface area contributed by atoms with Crippen molar-refractivity contribution in [2.75, 3.05) is 0 Å². The summed E-state index contributed by atoms with van der Waals surface area (Å²) in [6, 6.07) is 1.91. The van der Waals surface area contributed by atoms with E-state index in [2.05, 4.69) is 29.1 Å². The van der Waals surface area contributed by atoms with Gasteiger partial charge in [0.2, 0.25) is 11.8 Å².